The van der Waals surface area contributed by atoms with Crippen LogP contribution in [0.4, 0.5) is 0 Å². The highest BCUT2D eigenvalue weighted by molar-refractivity contribution is 7.98. The number of thioether (sulfide) groups is 1. The maximum atomic E-state index is 12.5. The second kappa shape index (κ2) is 9.41. The standard InChI is InChI=1S/C18H26N4O2S2.ClH/c1-18(2,19)10-20-14(23)7-8-25-9-13-21-16(24)15-11-5-3-4-6-12(11)26-17(15)22-13;/h3-10,19H2,1-2H3,(H,20,23)(H,21,22,24);1H. The first-order valence-electron chi connectivity index (χ1n) is 9.00. The number of nitrogens with zero attached hydrogens (tertiary/aromatic N) is 1. The van der Waals surface area contributed by atoms with E-state index in [1.54, 1.807) is 23.1 Å². The number of hydrogen-bond acceptors (Lipinski definition) is 6. The quantitative estimate of drug-likeness (QED) is 0.586. The fraction of sp³-hybridized carbons (Fsp3) is 0.611. The summed E-state index contributed by atoms with van der Waals surface area (Å²) in [6.07, 6.45) is 4.83. The third-order valence-corrected chi connectivity index (χ3v) is 6.48. The van der Waals surface area contributed by atoms with Crippen molar-refractivity contribution < 1.29 is 4.79 Å². The van der Waals surface area contributed by atoms with E-state index in [2.05, 4.69) is 15.3 Å². The van der Waals surface area contributed by atoms with Crippen molar-refractivity contribution >= 4 is 51.6 Å². The van der Waals surface area contributed by atoms with Crippen LogP contribution in [0.3, 0.4) is 0 Å². The molecule has 1 aliphatic carbocycles. The third-order valence-electron chi connectivity index (χ3n) is 4.33. The van der Waals surface area contributed by atoms with E-state index in [1.165, 1.54) is 16.9 Å². The SMILES string of the molecule is CC(C)(N)CNC(=O)CCSCc1nc2sc3c(c2c(=O)[nH]1)CCCC3.Cl. The molecule has 0 unspecified atom stereocenters. The van der Waals surface area contributed by atoms with Crippen molar-refractivity contribution in [3.05, 3.63) is 26.6 Å². The second-order valence-corrected chi connectivity index (χ2v) is 9.66. The van der Waals surface area contributed by atoms with Crippen LogP contribution in [0, 0.1) is 0 Å². The number of nitrogens with one attached hydrogen (secondary N) is 2. The summed E-state index contributed by atoms with van der Waals surface area (Å²) in [6, 6.07) is 0. The number of rotatable bonds is 7. The number of amides is 1. The highest BCUT2D eigenvalue weighted by atomic mass is 35.5. The van der Waals surface area contributed by atoms with E-state index in [9.17, 15) is 9.59 Å². The lowest BCUT2D eigenvalue weighted by Crippen LogP contribution is -2.45. The van der Waals surface area contributed by atoms with Crippen molar-refractivity contribution in [3.63, 3.8) is 0 Å². The molecule has 6 nitrogen and oxygen atoms in total. The number of thiophene rings is 1. The smallest absolute Gasteiger partial charge is 0.259 e. The van der Waals surface area contributed by atoms with Crippen LogP contribution in [0.15, 0.2) is 4.79 Å². The van der Waals surface area contributed by atoms with E-state index in [1.807, 2.05) is 13.8 Å². The molecule has 0 aliphatic heterocycles. The Bertz CT molecular complexity index is 857. The van der Waals surface area contributed by atoms with Gasteiger partial charge in [-0.2, -0.15) is 11.8 Å². The van der Waals surface area contributed by atoms with Crippen LogP contribution in [-0.2, 0) is 23.4 Å². The van der Waals surface area contributed by atoms with Gasteiger partial charge >= 0.3 is 0 Å². The first-order valence-corrected chi connectivity index (χ1v) is 11.0. The van der Waals surface area contributed by atoms with Gasteiger partial charge in [0.25, 0.3) is 5.56 Å². The minimum atomic E-state index is -0.401. The number of nitrogens with two attached hydrogens (primary N) is 1. The van der Waals surface area contributed by atoms with Crippen LogP contribution in [0.25, 0.3) is 10.2 Å². The maximum absolute atomic E-state index is 12.5. The summed E-state index contributed by atoms with van der Waals surface area (Å²) in [5.41, 5.74) is 6.64. The molecule has 0 spiro atoms. The Kier molecular flexibility index (Phi) is 7.73. The van der Waals surface area contributed by atoms with Crippen molar-refractivity contribution in [1.82, 2.24) is 15.3 Å². The summed E-state index contributed by atoms with van der Waals surface area (Å²) in [5.74, 6) is 1.97. The molecule has 0 saturated heterocycles. The molecular weight excluding hydrogens is 404 g/mol. The average molecular weight is 431 g/mol. The summed E-state index contributed by atoms with van der Waals surface area (Å²) >= 11 is 3.26. The Balaban J connectivity index is 0.00000261. The maximum Gasteiger partial charge on any atom is 0.259 e. The van der Waals surface area contributed by atoms with Crippen molar-refractivity contribution in [3.8, 4) is 0 Å². The van der Waals surface area contributed by atoms with Crippen LogP contribution < -0.4 is 16.6 Å². The van der Waals surface area contributed by atoms with Crippen LogP contribution in [-0.4, -0.2) is 33.7 Å². The number of aryl methyl sites for hydroxylation is 2. The molecule has 0 saturated carbocycles. The molecular formula is C18H27ClN4O2S2. The van der Waals surface area contributed by atoms with Crippen molar-refractivity contribution in [2.24, 2.45) is 5.73 Å². The molecule has 150 valence electrons. The van der Waals surface area contributed by atoms with Crippen molar-refractivity contribution in [1.29, 1.82) is 0 Å². The highest BCUT2D eigenvalue weighted by Gasteiger charge is 2.19. The zero-order valence-corrected chi connectivity index (χ0v) is 18.2. The lowest BCUT2D eigenvalue weighted by atomic mass is 9.97. The summed E-state index contributed by atoms with van der Waals surface area (Å²) in [6.45, 7) is 4.22. The van der Waals surface area contributed by atoms with Gasteiger partial charge in [0.15, 0.2) is 0 Å². The van der Waals surface area contributed by atoms with Gasteiger partial charge < -0.3 is 16.0 Å². The van der Waals surface area contributed by atoms with Gasteiger partial charge in [0.05, 0.1) is 11.1 Å². The van der Waals surface area contributed by atoms with E-state index in [0.717, 1.165) is 29.5 Å². The van der Waals surface area contributed by atoms with E-state index in [-0.39, 0.29) is 23.9 Å². The van der Waals surface area contributed by atoms with E-state index < -0.39 is 5.54 Å². The Morgan fingerprint density at radius 2 is 2.11 bits per heavy atom. The second-order valence-electron chi connectivity index (χ2n) is 7.47. The van der Waals surface area contributed by atoms with Gasteiger partial charge in [-0.05, 0) is 45.1 Å². The van der Waals surface area contributed by atoms with E-state index in [0.29, 0.717) is 30.3 Å². The molecule has 1 aliphatic rings. The Labute approximate surface area is 173 Å². The van der Waals surface area contributed by atoms with Gasteiger partial charge in [-0.15, -0.1) is 23.7 Å². The number of H-pyrrole nitrogens is 1. The Hall–Kier alpha value is -1.09. The monoisotopic (exact) mass is 430 g/mol. The number of aromatic nitrogens is 2. The molecule has 2 aromatic rings. The number of carbonyl (C=O) groups is 1. The first kappa shape index (κ1) is 22.2. The summed E-state index contributed by atoms with van der Waals surface area (Å²) in [4.78, 5) is 34.0. The molecule has 0 atom stereocenters. The number of aromatic amines is 1. The third kappa shape index (κ3) is 5.94. The Morgan fingerprint density at radius 3 is 2.85 bits per heavy atom. The largest absolute Gasteiger partial charge is 0.354 e. The van der Waals surface area contributed by atoms with Gasteiger partial charge in [0.1, 0.15) is 10.7 Å². The Morgan fingerprint density at radius 1 is 1.37 bits per heavy atom. The zero-order chi connectivity index (χ0) is 18.7. The molecule has 2 aromatic heterocycles. The number of halogens is 1. The fourth-order valence-corrected chi connectivity index (χ4v) is 5.11. The fourth-order valence-electron chi connectivity index (χ4n) is 3.03. The zero-order valence-electron chi connectivity index (χ0n) is 15.7. The van der Waals surface area contributed by atoms with Gasteiger partial charge in [-0.25, -0.2) is 4.98 Å². The lowest BCUT2D eigenvalue weighted by molar-refractivity contribution is -0.120. The first-order chi connectivity index (χ1) is 12.3. The molecule has 2 heterocycles. The topological polar surface area (TPSA) is 101 Å². The van der Waals surface area contributed by atoms with Crippen molar-refractivity contribution in [2.75, 3.05) is 12.3 Å². The van der Waals surface area contributed by atoms with Crippen LogP contribution in [0.5, 0.6) is 0 Å². The van der Waals surface area contributed by atoms with E-state index in [4.69, 9.17) is 5.73 Å². The van der Waals surface area contributed by atoms with Crippen molar-refractivity contribution in [2.45, 2.75) is 57.2 Å². The van der Waals surface area contributed by atoms with Crippen LogP contribution >= 0.6 is 35.5 Å². The lowest BCUT2D eigenvalue weighted by Gasteiger charge is -2.18. The van der Waals surface area contributed by atoms with Gasteiger partial charge in [-0.1, -0.05) is 0 Å². The predicted molar refractivity (Wildman–Crippen MR) is 116 cm³/mol. The summed E-state index contributed by atoms with van der Waals surface area (Å²) in [5, 5.41) is 3.63. The molecule has 1 amide bonds. The molecule has 9 heteroatoms. The van der Waals surface area contributed by atoms with Gasteiger partial charge in [0, 0.05) is 29.1 Å². The molecule has 0 bridgehead atoms. The number of hydrogen-bond donors (Lipinski definition) is 3. The van der Waals surface area contributed by atoms with E-state index >= 15 is 0 Å². The molecule has 0 fully saturated rings. The normalized spacial score (nSPS) is 13.9. The molecule has 0 aromatic carbocycles. The number of carbonyl (C=O) groups excluding carboxylic acids is 1. The average Bonchev–Trinajstić information content (AvgIpc) is 2.95. The van der Waals surface area contributed by atoms with Crippen LogP contribution in [0.2, 0.25) is 0 Å². The molecule has 3 rings (SSSR count). The molecule has 0 radical (unpaired) electrons. The number of fused-ring (bicyclic) bond motifs is 3. The molecule has 27 heavy (non-hydrogen) atoms. The molecule has 4 N–H and O–H groups in total. The summed E-state index contributed by atoms with van der Waals surface area (Å²) < 4.78 is 0. The highest BCUT2D eigenvalue weighted by Crippen LogP contribution is 2.33. The summed E-state index contributed by atoms with van der Waals surface area (Å²) in [7, 11) is 0. The predicted octanol–water partition coefficient (Wildman–Crippen LogP) is 2.76. The van der Waals surface area contributed by atoms with Gasteiger partial charge in [0.2, 0.25) is 5.91 Å². The van der Waals surface area contributed by atoms with Gasteiger partial charge in [-0.3, -0.25) is 9.59 Å². The van der Waals surface area contributed by atoms with Crippen LogP contribution in [0.1, 0.15) is 49.4 Å². The minimum Gasteiger partial charge on any atom is -0.354 e. The minimum absolute atomic E-state index is 0.